The number of hydrogen-bond donors (Lipinski definition) is 1. The number of carbonyl (C=O) groups is 2. The first-order chi connectivity index (χ1) is 9.02. The first kappa shape index (κ1) is 17.2. The van der Waals surface area contributed by atoms with Gasteiger partial charge in [0.2, 0.25) is 11.8 Å². The van der Waals surface area contributed by atoms with Gasteiger partial charge in [-0.2, -0.15) is 0 Å². The predicted octanol–water partition coefficient (Wildman–Crippen LogP) is 0.862. The lowest BCUT2D eigenvalue weighted by molar-refractivity contribution is -0.147. The Morgan fingerprint density at radius 1 is 1.35 bits per heavy atom. The summed E-state index contributed by atoms with van der Waals surface area (Å²) in [5.74, 6) is 0.728. The Morgan fingerprint density at radius 3 is 2.65 bits per heavy atom. The largest absolute Gasteiger partial charge is 0.346 e. The number of carbonyl (C=O) groups excluding carboxylic acids is 2. The van der Waals surface area contributed by atoms with Crippen molar-refractivity contribution in [3.63, 3.8) is 0 Å². The molecule has 2 aliphatic rings. The van der Waals surface area contributed by atoms with Gasteiger partial charge in [-0.05, 0) is 25.2 Å². The Kier molecular flexibility index (Phi) is 6.27. The van der Waals surface area contributed by atoms with Crippen LogP contribution in [0.4, 0.5) is 0 Å². The molecule has 6 heteroatoms. The fourth-order valence-electron chi connectivity index (χ4n) is 3.15. The minimum Gasteiger partial charge on any atom is -0.346 e. The van der Waals surface area contributed by atoms with Gasteiger partial charge in [0.05, 0.1) is 0 Å². The normalized spacial score (nSPS) is 30.9. The molecule has 0 radical (unpaired) electrons. The molecule has 2 rings (SSSR count). The molecule has 0 aromatic rings. The molecule has 2 N–H and O–H groups in total. The third-order valence-electron chi connectivity index (χ3n) is 4.54. The molecule has 3 unspecified atom stereocenters. The van der Waals surface area contributed by atoms with Gasteiger partial charge >= 0.3 is 0 Å². The summed E-state index contributed by atoms with van der Waals surface area (Å²) in [4.78, 5) is 28.0. The molecular weight excluding hydrogens is 278 g/mol. The van der Waals surface area contributed by atoms with E-state index in [1.54, 1.807) is 11.9 Å². The van der Waals surface area contributed by atoms with E-state index in [-0.39, 0.29) is 36.2 Å². The van der Waals surface area contributed by atoms with E-state index in [2.05, 4.69) is 6.92 Å². The van der Waals surface area contributed by atoms with Gasteiger partial charge in [0.25, 0.3) is 0 Å². The number of piperidine rings is 2. The smallest absolute Gasteiger partial charge is 0.226 e. The van der Waals surface area contributed by atoms with E-state index in [1.807, 2.05) is 4.90 Å². The van der Waals surface area contributed by atoms with Crippen LogP contribution in [0, 0.1) is 11.8 Å². The zero-order chi connectivity index (χ0) is 14.0. The molecule has 0 aromatic heterocycles. The molecule has 2 aliphatic heterocycles. The molecule has 3 atom stereocenters. The Bertz CT molecular complexity index is 364. The summed E-state index contributed by atoms with van der Waals surface area (Å²) in [7, 11) is 1.80. The van der Waals surface area contributed by atoms with Crippen molar-refractivity contribution in [3.8, 4) is 0 Å². The average Bonchev–Trinajstić information content (AvgIpc) is 2.41. The number of hydrogen-bond acceptors (Lipinski definition) is 3. The quantitative estimate of drug-likeness (QED) is 0.823. The third kappa shape index (κ3) is 3.64. The minimum atomic E-state index is -0.133. The van der Waals surface area contributed by atoms with Gasteiger partial charge in [-0.25, -0.2) is 0 Å². The van der Waals surface area contributed by atoms with Crippen LogP contribution in [0.5, 0.6) is 0 Å². The monoisotopic (exact) mass is 303 g/mol. The maximum atomic E-state index is 12.6. The van der Waals surface area contributed by atoms with Crippen molar-refractivity contribution in [3.05, 3.63) is 0 Å². The second-order valence-electron chi connectivity index (χ2n) is 6.06. The molecule has 20 heavy (non-hydrogen) atoms. The zero-order valence-electron chi connectivity index (χ0n) is 12.4. The summed E-state index contributed by atoms with van der Waals surface area (Å²) in [5.41, 5.74) is 5.80. The number of amides is 2. The average molecular weight is 304 g/mol. The molecule has 0 bridgehead atoms. The molecule has 0 spiro atoms. The number of likely N-dealkylation sites (tertiary alicyclic amines) is 2. The highest BCUT2D eigenvalue weighted by Crippen LogP contribution is 2.26. The predicted molar refractivity (Wildman–Crippen MR) is 80.6 cm³/mol. The number of rotatable bonds is 2. The highest BCUT2D eigenvalue weighted by atomic mass is 35.5. The van der Waals surface area contributed by atoms with Gasteiger partial charge < -0.3 is 15.5 Å². The lowest BCUT2D eigenvalue weighted by Crippen LogP contribution is -2.52. The standard InChI is InChI=1S/C14H25N3O2.ClH/c1-10-3-6-17(12(7-10)9-15)14(19)11-4-5-16(2)13(18)8-11;/h10-12H,3-9,15H2,1-2H3;1H. The van der Waals surface area contributed by atoms with Gasteiger partial charge in [0, 0.05) is 45.1 Å². The molecule has 0 aliphatic carbocycles. The van der Waals surface area contributed by atoms with Gasteiger partial charge in [-0.15, -0.1) is 12.4 Å². The molecule has 0 aromatic carbocycles. The molecule has 5 nitrogen and oxygen atoms in total. The van der Waals surface area contributed by atoms with Gasteiger partial charge in [0.15, 0.2) is 0 Å². The summed E-state index contributed by atoms with van der Waals surface area (Å²) in [6.45, 7) is 4.22. The van der Waals surface area contributed by atoms with Crippen molar-refractivity contribution in [2.45, 2.75) is 38.6 Å². The van der Waals surface area contributed by atoms with Crippen LogP contribution in [0.1, 0.15) is 32.6 Å². The fourth-order valence-corrected chi connectivity index (χ4v) is 3.15. The zero-order valence-corrected chi connectivity index (χ0v) is 13.2. The van der Waals surface area contributed by atoms with Crippen LogP contribution in [0.3, 0.4) is 0 Å². The Hall–Kier alpha value is -0.810. The molecular formula is C14H26ClN3O2. The SMILES string of the molecule is CC1CCN(C(=O)C2CCN(C)C(=O)C2)C(CN)C1.Cl. The van der Waals surface area contributed by atoms with E-state index in [9.17, 15) is 9.59 Å². The summed E-state index contributed by atoms with van der Waals surface area (Å²) >= 11 is 0. The van der Waals surface area contributed by atoms with E-state index < -0.39 is 0 Å². The lowest BCUT2D eigenvalue weighted by atomic mass is 9.89. The van der Waals surface area contributed by atoms with E-state index >= 15 is 0 Å². The second-order valence-corrected chi connectivity index (χ2v) is 6.06. The Labute approximate surface area is 127 Å². The molecule has 116 valence electrons. The molecule has 2 saturated heterocycles. The van der Waals surface area contributed by atoms with Crippen LogP contribution < -0.4 is 5.73 Å². The van der Waals surface area contributed by atoms with Gasteiger partial charge in [-0.3, -0.25) is 9.59 Å². The van der Waals surface area contributed by atoms with Crippen molar-refractivity contribution >= 4 is 24.2 Å². The minimum absolute atomic E-state index is 0. The van der Waals surface area contributed by atoms with Crippen molar-refractivity contribution in [1.82, 2.24) is 9.80 Å². The van der Waals surface area contributed by atoms with Gasteiger partial charge in [-0.1, -0.05) is 6.92 Å². The van der Waals surface area contributed by atoms with Crippen LogP contribution in [-0.2, 0) is 9.59 Å². The van der Waals surface area contributed by atoms with Crippen molar-refractivity contribution in [1.29, 1.82) is 0 Å². The Balaban J connectivity index is 0.00000200. The highest BCUT2D eigenvalue weighted by Gasteiger charge is 2.36. The first-order valence-corrected chi connectivity index (χ1v) is 7.27. The molecule has 2 amide bonds. The summed E-state index contributed by atoms with van der Waals surface area (Å²) < 4.78 is 0. The maximum Gasteiger partial charge on any atom is 0.226 e. The van der Waals surface area contributed by atoms with Crippen LogP contribution >= 0.6 is 12.4 Å². The third-order valence-corrected chi connectivity index (χ3v) is 4.54. The van der Waals surface area contributed by atoms with E-state index in [0.717, 1.165) is 25.8 Å². The maximum absolute atomic E-state index is 12.6. The first-order valence-electron chi connectivity index (χ1n) is 7.27. The summed E-state index contributed by atoms with van der Waals surface area (Å²) in [6, 6.07) is 0.158. The van der Waals surface area contributed by atoms with Crippen LogP contribution in [0.25, 0.3) is 0 Å². The number of nitrogens with two attached hydrogens (primary N) is 1. The van der Waals surface area contributed by atoms with Gasteiger partial charge in [0.1, 0.15) is 0 Å². The van der Waals surface area contributed by atoms with Crippen molar-refractivity contribution in [2.24, 2.45) is 17.6 Å². The summed E-state index contributed by atoms with van der Waals surface area (Å²) in [6.07, 6.45) is 3.18. The topological polar surface area (TPSA) is 66.6 Å². The Morgan fingerprint density at radius 2 is 2.05 bits per heavy atom. The van der Waals surface area contributed by atoms with E-state index in [1.165, 1.54) is 0 Å². The van der Waals surface area contributed by atoms with Crippen molar-refractivity contribution < 1.29 is 9.59 Å². The van der Waals surface area contributed by atoms with E-state index in [4.69, 9.17) is 5.73 Å². The fraction of sp³-hybridized carbons (Fsp3) is 0.857. The van der Waals surface area contributed by atoms with Crippen LogP contribution in [-0.4, -0.2) is 54.3 Å². The molecule has 0 saturated carbocycles. The van der Waals surface area contributed by atoms with Crippen molar-refractivity contribution in [2.75, 3.05) is 26.7 Å². The molecule has 2 heterocycles. The number of nitrogens with zero attached hydrogens (tertiary/aromatic N) is 2. The lowest BCUT2D eigenvalue weighted by Gasteiger charge is -2.41. The second kappa shape index (κ2) is 7.27. The van der Waals surface area contributed by atoms with Crippen LogP contribution in [0.2, 0.25) is 0 Å². The summed E-state index contributed by atoms with van der Waals surface area (Å²) in [5, 5.41) is 0. The van der Waals surface area contributed by atoms with Crippen LogP contribution in [0.15, 0.2) is 0 Å². The van der Waals surface area contributed by atoms with E-state index in [0.29, 0.717) is 25.4 Å². The highest BCUT2D eigenvalue weighted by molar-refractivity contribution is 5.87. The number of halogens is 1. The molecule has 2 fully saturated rings.